The van der Waals surface area contributed by atoms with Crippen LogP contribution in [-0.4, -0.2) is 64.9 Å². The number of carboxylic acids is 1. The van der Waals surface area contributed by atoms with E-state index >= 15 is 0 Å². The average Bonchev–Trinajstić information content (AvgIpc) is 3.02. The number of amides is 3. The van der Waals surface area contributed by atoms with Gasteiger partial charge in [-0.2, -0.15) is 0 Å². The van der Waals surface area contributed by atoms with Crippen LogP contribution in [0.2, 0.25) is 0 Å². The van der Waals surface area contributed by atoms with Crippen LogP contribution in [0.25, 0.3) is 0 Å². The number of unbranched alkanes of at least 4 members (excludes halogenated alkanes) is 1. The Balaban J connectivity index is 2.68. The van der Waals surface area contributed by atoms with Crippen LogP contribution in [0.5, 0.6) is 0 Å². The highest BCUT2D eigenvalue weighted by molar-refractivity contribution is 5.93. The normalized spacial score (nSPS) is 19.3. The molecule has 3 unspecified atom stereocenters. The number of aliphatic carboxylic acids is 1. The zero-order chi connectivity index (χ0) is 19.0. The molecule has 0 aromatic carbocycles. The van der Waals surface area contributed by atoms with Gasteiger partial charge in [0.15, 0.2) is 0 Å². The molecule has 1 aliphatic rings. The molecule has 1 rings (SSSR count). The second-order valence-electron chi connectivity index (χ2n) is 6.15. The third kappa shape index (κ3) is 6.31. The number of carboxylic acid groups (broad SMARTS) is 1. The first-order chi connectivity index (χ1) is 11.8. The van der Waals surface area contributed by atoms with E-state index in [2.05, 4.69) is 5.32 Å². The average molecular weight is 357 g/mol. The van der Waals surface area contributed by atoms with Crippen molar-refractivity contribution in [2.45, 2.75) is 56.7 Å². The second-order valence-corrected chi connectivity index (χ2v) is 6.15. The van der Waals surface area contributed by atoms with Crippen LogP contribution in [-0.2, 0) is 19.2 Å². The molecule has 142 valence electrons. The number of rotatable bonds is 10. The fourth-order valence-corrected chi connectivity index (χ4v) is 2.82. The smallest absolute Gasteiger partial charge is 0.326 e. The van der Waals surface area contributed by atoms with E-state index in [0.717, 1.165) is 6.42 Å². The SMILES string of the molecule is NCCCCC(N)C(=O)N1CCCC1C(=O)NC(CC(N)=O)C(=O)O. The van der Waals surface area contributed by atoms with Crippen molar-refractivity contribution in [2.75, 3.05) is 13.1 Å². The highest BCUT2D eigenvalue weighted by Crippen LogP contribution is 2.19. The number of nitrogens with zero attached hydrogens (tertiary/aromatic N) is 1. The van der Waals surface area contributed by atoms with E-state index in [4.69, 9.17) is 22.3 Å². The summed E-state index contributed by atoms with van der Waals surface area (Å²) in [6, 6.07) is -2.93. The van der Waals surface area contributed by atoms with Crippen LogP contribution in [0.1, 0.15) is 38.5 Å². The van der Waals surface area contributed by atoms with Crippen LogP contribution in [0.3, 0.4) is 0 Å². The maximum absolute atomic E-state index is 12.5. The molecule has 0 aromatic heterocycles. The highest BCUT2D eigenvalue weighted by atomic mass is 16.4. The quantitative estimate of drug-likeness (QED) is 0.277. The van der Waals surface area contributed by atoms with E-state index in [-0.39, 0.29) is 5.91 Å². The number of nitrogens with one attached hydrogen (secondary N) is 1. The fourth-order valence-electron chi connectivity index (χ4n) is 2.82. The Morgan fingerprint density at radius 3 is 2.48 bits per heavy atom. The van der Waals surface area contributed by atoms with Crippen molar-refractivity contribution in [3.63, 3.8) is 0 Å². The number of likely N-dealkylation sites (tertiary alicyclic amines) is 1. The summed E-state index contributed by atoms with van der Waals surface area (Å²) in [4.78, 5) is 48.2. The van der Waals surface area contributed by atoms with Crippen molar-refractivity contribution in [3.8, 4) is 0 Å². The maximum atomic E-state index is 12.5. The zero-order valence-corrected chi connectivity index (χ0v) is 14.1. The number of nitrogens with two attached hydrogens (primary N) is 3. The number of carbonyl (C=O) groups excluding carboxylic acids is 3. The number of hydrogen-bond donors (Lipinski definition) is 5. The molecule has 25 heavy (non-hydrogen) atoms. The van der Waals surface area contributed by atoms with Crippen molar-refractivity contribution in [2.24, 2.45) is 17.2 Å². The van der Waals surface area contributed by atoms with Gasteiger partial charge in [0.1, 0.15) is 12.1 Å². The predicted molar refractivity (Wildman–Crippen MR) is 89.0 cm³/mol. The molecule has 10 nitrogen and oxygen atoms in total. The minimum Gasteiger partial charge on any atom is -0.480 e. The zero-order valence-electron chi connectivity index (χ0n) is 14.1. The third-order valence-electron chi connectivity index (χ3n) is 4.14. The molecule has 1 fully saturated rings. The number of carbonyl (C=O) groups is 4. The van der Waals surface area contributed by atoms with E-state index in [0.29, 0.717) is 38.8 Å². The van der Waals surface area contributed by atoms with Crippen molar-refractivity contribution < 1.29 is 24.3 Å². The molecule has 0 bridgehead atoms. The van der Waals surface area contributed by atoms with Gasteiger partial charge in [0, 0.05) is 6.54 Å². The van der Waals surface area contributed by atoms with Gasteiger partial charge in [0.2, 0.25) is 17.7 Å². The minimum absolute atomic E-state index is 0.337. The van der Waals surface area contributed by atoms with E-state index in [9.17, 15) is 19.2 Å². The van der Waals surface area contributed by atoms with E-state index in [1.54, 1.807) is 0 Å². The van der Waals surface area contributed by atoms with Gasteiger partial charge in [-0.3, -0.25) is 14.4 Å². The number of primary amides is 1. The van der Waals surface area contributed by atoms with Gasteiger partial charge in [-0.1, -0.05) is 6.42 Å². The lowest BCUT2D eigenvalue weighted by molar-refractivity contribution is -0.145. The van der Waals surface area contributed by atoms with Crippen LogP contribution in [0.4, 0.5) is 0 Å². The van der Waals surface area contributed by atoms with Crippen LogP contribution in [0, 0.1) is 0 Å². The van der Waals surface area contributed by atoms with Crippen molar-refractivity contribution in [3.05, 3.63) is 0 Å². The summed E-state index contributed by atoms with van der Waals surface area (Å²) in [5.41, 5.74) is 16.3. The lowest BCUT2D eigenvalue weighted by Crippen LogP contribution is -2.54. The Hall–Kier alpha value is -2.20. The van der Waals surface area contributed by atoms with Gasteiger partial charge in [0.25, 0.3) is 0 Å². The molecule has 1 saturated heterocycles. The predicted octanol–water partition coefficient (Wildman–Crippen LogP) is -2.12. The van der Waals surface area contributed by atoms with E-state index in [1.807, 2.05) is 0 Å². The molecular formula is C15H27N5O5. The van der Waals surface area contributed by atoms with E-state index < -0.39 is 42.3 Å². The molecule has 3 atom stereocenters. The summed E-state index contributed by atoms with van der Waals surface area (Å²) in [7, 11) is 0. The monoisotopic (exact) mass is 357 g/mol. The molecule has 0 spiro atoms. The van der Waals surface area contributed by atoms with Gasteiger partial charge in [0.05, 0.1) is 12.5 Å². The first-order valence-electron chi connectivity index (χ1n) is 8.35. The summed E-state index contributed by atoms with van der Waals surface area (Å²) in [6.07, 6.45) is 2.47. The van der Waals surface area contributed by atoms with Crippen LogP contribution < -0.4 is 22.5 Å². The summed E-state index contributed by atoms with van der Waals surface area (Å²) in [5.74, 6) is -3.15. The Bertz CT molecular complexity index is 513. The molecule has 10 heteroatoms. The van der Waals surface area contributed by atoms with Crippen molar-refractivity contribution in [1.29, 1.82) is 0 Å². The fraction of sp³-hybridized carbons (Fsp3) is 0.733. The minimum atomic E-state index is -1.42. The third-order valence-corrected chi connectivity index (χ3v) is 4.14. The van der Waals surface area contributed by atoms with Gasteiger partial charge in [-0.15, -0.1) is 0 Å². The van der Waals surface area contributed by atoms with E-state index in [1.165, 1.54) is 4.90 Å². The second kappa shape index (κ2) is 9.94. The Kier molecular flexibility index (Phi) is 8.29. The molecule has 0 saturated carbocycles. The van der Waals surface area contributed by atoms with Gasteiger partial charge in [-0.05, 0) is 32.2 Å². The molecule has 0 aromatic rings. The van der Waals surface area contributed by atoms with Crippen LogP contribution >= 0.6 is 0 Å². The Morgan fingerprint density at radius 1 is 1.24 bits per heavy atom. The Labute approximate surface area is 146 Å². The van der Waals surface area contributed by atoms with Crippen molar-refractivity contribution in [1.82, 2.24) is 10.2 Å². The first-order valence-corrected chi connectivity index (χ1v) is 8.35. The molecule has 1 heterocycles. The summed E-state index contributed by atoms with van der Waals surface area (Å²) in [5, 5.41) is 11.3. The standard InChI is InChI=1S/C15H27N5O5/c16-6-2-1-4-9(17)14(23)20-7-3-5-11(20)13(22)19-10(15(24)25)8-12(18)21/h9-11H,1-8,16-17H2,(H2,18,21)(H,19,22)(H,24,25). The van der Waals surface area contributed by atoms with Crippen LogP contribution in [0.15, 0.2) is 0 Å². The molecule has 0 aliphatic carbocycles. The van der Waals surface area contributed by atoms with Gasteiger partial charge >= 0.3 is 5.97 Å². The van der Waals surface area contributed by atoms with Gasteiger partial charge in [-0.25, -0.2) is 4.79 Å². The van der Waals surface area contributed by atoms with Gasteiger partial charge < -0.3 is 32.5 Å². The lowest BCUT2D eigenvalue weighted by atomic mass is 10.1. The lowest BCUT2D eigenvalue weighted by Gasteiger charge is -2.27. The highest BCUT2D eigenvalue weighted by Gasteiger charge is 2.37. The summed E-state index contributed by atoms with van der Waals surface area (Å²) < 4.78 is 0. The number of hydrogen-bond acceptors (Lipinski definition) is 6. The maximum Gasteiger partial charge on any atom is 0.326 e. The van der Waals surface area contributed by atoms with Crippen molar-refractivity contribution >= 4 is 23.7 Å². The molecular weight excluding hydrogens is 330 g/mol. The topological polar surface area (TPSA) is 182 Å². The molecule has 0 radical (unpaired) electrons. The summed E-state index contributed by atoms with van der Waals surface area (Å²) >= 11 is 0. The molecule has 8 N–H and O–H groups in total. The summed E-state index contributed by atoms with van der Waals surface area (Å²) in [6.45, 7) is 0.904. The largest absolute Gasteiger partial charge is 0.480 e. The first kappa shape index (κ1) is 20.8. The Morgan fingerprint density at radius 2 is 1.92 bits per heavy atom. The molecule has 1 aliphatic heterocycles. The molecule has 3 amide bonds.